The topological polar surface area (TPSA) is 89.4 Å². The van der Waals surface area contributed by atoms with Crippen LogP contribution in [0, 0.1) is 0 Å². The van der Waals surface area contributed by atoms with Gasteiger partial charge < -0.3 is 19.3 Å². The average Bonchev–Trinajstić information content (AvgIpc) is 2.61. The molecule has 0 atom stereocenters. The molecule has 2 aromatic rings. The minimum atomic E-state index is -0.524. The second-order valence-electron chi connectivity index (χ2n) is 4.67. The maximum atomic E-state index is 12.0. The van der Waals surface area contributed by atoms with Crippen LogP contribution in [0.5, 0.6) is 23.0 Å². The summed E-state index contributed by atoms with van der Waals surface area (Å²) in [6, 6.07) is 9.53. The molecule has 0 aliphatic heterocycles. The van der Waals surface area contributed by atoms with Crippen molar-refractivity contribution >= 4 is 12.1 Å². The van der Waals surface area contributed by atoms with Crippen molar-refractivity contribution in [3.8, 4) is 23.0 Å². The summed E-state index contributed by atoms with van der Waals surface area (Å²) in [7, 11) is 4.56. The molecule has 0 radical (unpaired) electrons. The maximum absolute atomic E-state index is 12.0. The lowest BCUT2D eigenvalue weighted by Gasteiger charge is -2.11. The third-order valence-electron chi connectivity index (χ3n) is 3.25. The lowest BCUT2D eigenvalue weighted by atomic mass is 10.2. The van der Waals surface area contributed by atoms with Gasteiger partial charge in [-0.25, -0.2) is 5.43 Å². The zero-order chi connectivity index (χ0) is 17.5. The van der Waals surface area contributed by atoms with E-state index in [9.17, 15) is 9.90 Å². The molecule has 0 aliphatic carbocycles. The monoisotopic (exact) mass is 330 g/mol. The first-order valence-corrected chi connectivity index (χ1v) is 7.02. The molecule has 126 valence electrons. The minimum absolute atomic E-state index is 0.117. The van der Waals surface area contributed by atoms with Gasteiger partial charge in [0.05, 0.1) is 33.1 Å². The molecule has 0 bridgehead atoms. The van der Waals surface area contributed by atoms with E-state index < -0.39 is 5.91 Å². The van der Waals surface area contributed by atoms with E-state index >= 15 is 0 Å². The molecule has 2 rings (SSSR count). The molecule has 0 aliphatic rings. The fourth-order valence-corrected chi connectivity index (χ4v) is 2.04. The smallest absolute Gasteiger partial charge is 0.275 e. The summed E-state index contributed by atoms with van der Waals surface area (Å²) in [5, 5.41) is 13.5. The zero-order valence-corrected chi connectivity index (χ0v) is 13.6. The summed E-state index contributed by atoms with van der Waals surface area (Å²) in [5.41, 5.74) is 3.07. The Morgan fingerprint density at radius 2 is 1.67 bits per heavy atom. The van der Waals surface area contributed by atoms with Gasteiger partial charge in [0, 0.05) is 11.6 Å². The highest BCUT2D eigenvalue weighted by Gasteiger charge is 2.11. The van der Waals surface area contributed by atoms with Crippen LogP contribution < -0.4 is 19.6 Å². The lowest BCUT2D eigenvalue weighted by Crippen LogP contribution is -2.17. The van der Waals surface area contributed by atoms with Crippen LogP contribution in [0.15, 0.2) is 41.5 Å². The number of para-hydroxylation sites is 1. The van der Waals surface area contributed by atoms with E-state index in [1.54, 1.807) is 24.3 Å². The number of hydrogen-bond acceptors (Lipinski definition) is 6. The molecule has 0 heterocycles. The number of benzene rings is 2. The molecule has 7 heteroatoms. The van der Waals surface area contributed by atoms with Crippen LogP contribution in [-0.4, -0.2) is 38.6 Å². The van der Waals surface area contributed by atoms with E-state index in [1.807, 2.05) is 0 Å². The summed E-state index contributed by atoms with van der Waals surface area (Å²) >= 11 is 0. The Morgan fingerprint density at radius 3 is 2.29 bits per heavy atom. The molecule has 0 unspecified atom stereocenters. The third kappa shape index (κ3) is 3.75. The Hall–Kier alpha value is -3.22. The molecule has 0 fully saturated rings. The number of aromatic hydroxyl groups is 1. The van der Waals surface area contributed by atoms with Gasteiger partial charge >= 0.3 is 0 Å². The first-order valence-electron chi connectivity index (χ1n) is 7.02. The minimum Gasteiger partial charge on any atom is -0.507 e. The number of carbonyl (C=O) groups is 1. The second kappa shape index (κ2) is 7.87. The van der Waals surface area contributed by atoms with Crippen molar-refractivity contribution in [2.75, 3.05) is 21.3 Å². The highest BCUT2D eigenvalue weighted by atomic mass is 16.5. The molecule has 0 saturated carbocycles. The lowest BCUT2D eigenvalue weighted by molar-refractivity contribution is 0.0952. The van der Waals surface area contributed by atoms with Gasteiger partial charge in [-0.05, 0) is 18.2 Å². The fraction of sp³-hybridized carbons (Fsp3) is 0.176. The van der Waals surface area contributed by atoms with E-state index in [-0.39, 0.29) is 11.3 Å². The molecular formula is C17H18N2O5. The highest BCUT2D eigenvalue weighted by Crippen LogP contribution is 2.33. The van der Waals surface area contributed by atoms with Gasteiger partial charge in [-0.2, -0.15) is 5.10 Å². The Kier molecular flexibility index (Phi) is 5.62. The van der Waals surface area contributed by atoms with Crippen molar-refractivity contribution in [2.45, 2.75) is 0 Å². The van der Waals surface area contributed by atoms with E-state index in [2.05, 4.69) is 10.5 Å². The summed E-state index contributed by atoms with van der Waals surface area (Å²) in [6.45, 7) is 0. The van der Waals surface area contributed by atoms with Crippen molar-refractivity contribution < 1.29 is 24.1 Å². The molecule has 0 aromatic heterocycles. The number of hydrogen-bond donors (Lipinski definition) is 2. The molecular weight excluding hydrogens is 312 g/mol. The number of carbonyl (C=O) groups excluding carboxylic acids is 1. The number of methoxy groups -OCH3 is 3. The standard InChI is InChI=1S/C17H18N2O5/c1-22-14-9-16(24-3)15(23-2)8-11(14)10-18-19-17(21)12-6-4-5-7-13(12)20/h4-10,20H,1-3H3,(H,19,21)/b18-10-. The largest absolute Gasteiger partial charge is 0.507 e. The van der Waals surface area contributed by atoms with Crippen molar-refractivity contribution in [3.05, 3.63) is 47.5 Å². The number of nitrogens with one attached hydrogen (secondary N) is 1. The predicted octanol–water partition coefficient (Wildman–Crippen LogP) is 2.18. The van der Waals surface area contributed by atoms with Crippen LogP contribution in [0.2, 0.25) is 0 Å². The summed E-state index contributed by atoms with van der Waals surface area (Å²) in [6.07, 6.45) is 1.42. The molecule has 0 saturated heterocycles. The van der Waals surface area contributed by atoms with Crippen molar-refractivity contribution in [2.24, 2.45) is 5.10 Å². The van der Waals surface area contributed by atoms with E-state index in [4.69, 9.17) is 14.2 Å². The first kappa shape index (κ1) is 17.1. The van der Waals surface area contributed by atoms with Crippen molar-refractivity contribution in [1.29, 1.82) is 0 Å². The third-order valence-corrected chi connectivity index (χ3v) is 3.25. The number of phenols is 1. The zero-order valence-electron chi connectivity index (χ0n) is 13.6. The summed E-state index contributed by atoms with van der Waals surface area (Å²) in [4.78, 5) is 12.0. The molecule has 1 amide bonds. The molecule has 2 aromatic carbocycles. The fourth-order valence-electron chi connectivity index (χ4n) is 2.04. The van der Waals surface area contributed by atoms with Crippen LogP contribution in [0.25, 0.3) is 0 Å². The van der Waals surface area contributed by atoms with Crippen LogP contribution in [0.1, 0.15) is 15.9 Å². The number of hydrazone groups is 1. The van der Waals surface area contributed by atoms with Crippen LogP contribution in [0.3, 0.4) is 0 Å². The Balaban J connectivity index is 2.19. The quantitative estimate of drug-likeness (QED) is 0.626. The Bertz CT molecular complexity index is 759. The van der Waals surface area contributed by atoms with Gasteiger partial charge in [-0.15, -0.1) is 0 Å². The average molecular weight is 330 g/mol. The van der Waals surface area contributed by atoms with Crippen LogP contribution in [-0.2, 0) is 0 Å². The van der Waals surface area contributed by atoms with Crippen molar-refractivity contribution in [3.63, 3.8) is 0 Å². The summed E-state index contributed by atoms with van der Waals surface area (Å²) in [5.74, 6) is 0.891. The highest BCUT2D eigenvalue weighted by molar-refractivity contribution is 5.97. The van der Waals surface area contributed by atoms with Gasteiger partial charge in [0.15, 0.2) is 11.5 Å². The van der Waals surface area contributed by atoms with Gasteiger partial charge in [0.25, 0.3) is 5.91 Å². The van der Waals surface area contributed by atoms with Crippen LogP contribution >= 0.6 is 0 Å². The SMILES string of the molecule is COc1cc(OC)c(OC)cc1/C=N\NC(=O)c1ccccc1O. The van der Waals surface area contributed by atoms with Crippen LogP contribution in [0.4, 0.5) is 0 Å². The Labute approximate surface area is 139 Å². The number of nitrogens with zero attached hydrogens (tertiary/aromatic N) is 1. The molecule has 7 nitrogen and oxygen atoms in total. The Morgan fingerprint density at radius 1 is 1.04 bits per heavy atom. The predicted molar refractivity (Wildman–Crippen MR) is 89.3 cm³/mol. The molecule has 24 heavy (non-hydrogen) atoms. The van der Waals surface area contributed by atoms with Gasteiger partial charge in [0.2, 0.25) is 0 Å². The number of amides is 1. The van der Waals surface area contributed by atoms with Gasteiger partial charge in [-0.3, -0.25) is 4.79 Å². The molecule has 2 N–H and O–H groups in total. The van der Waals surface area contributed by atoms with Crippen molar-refractivity contribution in [1.82, 2.24) is 5.43 Å². The maximum Gasteiger partial charge on any atom is 0.275 e. The van der Waals surface area contributed by atoms with Gasteiger partial charge in [0.1, 0.15) is 11.5 Å². The summed E-state index contributed by atoms with van der Waals surface area (Å²) < 4.78 is 15.7. The number of ether oxygens (including phenoxy) is 3. The number of rotatable bonds is 6. The van der Waals surface area contributed by atoms with E-state index in [1.165, 1.54) is 39.7 Å². The first-order chi connectivity index (χ1) is 11.6. The molecule has 0 spiro atoms. The normalized spacial score (nSPS) is 10.5. The van der Waals surface area contributed by atoms with E-state index in [0.717, 1.165) is 0 Å². The number of phenolic OH excluding ortho intramolecular Hbond substituents is 1. The van der Waals surface area contributed by atoms with Gasteiger partial charge in [-0.1, -0.05) is 12.1 Å². The second-order valence-corrected chi connectivity index (χ2v) is 4.67. The van der Waals surface area contributed by atoms with E-state index in [0.29, 0.717) is 22.8 Å².